The Labute approximate surface area is 149 Å². The van der Waals surface area contributed by atoms with Gasteiger partial charge in [0.15, 0.2) is 11.2 Å². The number of carbonyl (C=O) groups is 3. The Hall–Kier alpha value is -2.74. The summed E-state index contributed by atoms with van der Waals surface area (Å²) in [6.45, 7) is 3.54. The van der Waals surface area contributed by atoms with Crippen LogP contribution in [0, 0.1) is 5.92 Å². The van der Waals surface area contributed by atoms with Crippen LogP contribution in [0.2, 0.25) is 0 Å². The molecule has 1 atom stereocenters. The molecule has 8 heteroatoms. The highest BCUT2D eigenvalue weighted by molar-refractivity contribution is 7.13. The lowest BCUT2D eigenvalue weighted by atomic mass is 10.1. The molecule has 3 N–H and O–H groups in total. The van der Waals surface area contributed by atoms with E-state index in [1.807, 2.05) is 0 Å². The molecule has 2 aromatic rings. The van der Waals surface area contributed by atoms with E-state index in [2.05, 4.69) is 15.6 Å². The third kappa shape index (κ3) is 5.39. The van der Waals surface area contributed by atoms with Gasteiger partial charge in [-0.1, -0.05) is 44.2 Å². The summed E-state index contributed by atoms with van der Waals surface area (Å²) in [5.74, 6) is -1.91. The Balaban J connectivity index is 1.98. The lowest BCUT2D eigenvalue weighted by Crippen LogP contribution is -2.34. The average molecular weight is 361 g/mol. The van der Waals surface area contributed by atoms with E-state index >= 15 is 0 Å². The first kappa shape index (κ1) is 18.6. The van der Waals surface area contributed by atoms with Gasteiger partial charge in [-0.15, -0.1) is 11.3 Å². The zero-order chi connectivity index (χ0) is 18.4. The van der Waals surface area contributed by atoms with E-state index in [0.29, 0.717) is 16.4 Å². The number of carboxylic acids is 1. The smallest absolute Gasteiger partial charge is 0.330 e. The second-order valence-corrected chi connectivity index (χ2v) is 6.57. The van der Waals surface area contributed by atoms with Gasteiger partial charge in [0.1, 0.15) is 0 Å². The van der Waals surface area contributed by atoms with Gasteiger partial charge < -0.3 is 15.7 Å². The summed E-state index contributed by atoms with van der Waals surface area (Å²) in [6, 6.07) is 7.35. The third-order valence-electron chi connectivity index (χ3n) is 3.33. The van der Waals surface area contributed by atoms with Crippen molar-refractivity contribution in [1.29, 1.82) is 0 Å². The van der Waals surface area contributed by atoms with E-state index in [4.69, 9.17) is 0 Å². The number of nitrogens with one attached hydrogen (secondary N) is 2. The Morgan fingerprint density at radius 1 is 1.20 bits per heavy atom. The Bertz CT molecular complexity index is 758. The van der Waals surface area contributed by atoms with E-state index in [1.165, 1.54) is 11.3 Å². The highest BCUT2D eigenvalue weighted by Crippen LogP contribution is 2.18. The monoisotopic (exact) mass is 361 g/mol. The molecule has 132 valence electrons. The van der Waals surface area contributed by atoms with E-state index in [1.54, 1.807) is 49.6 Å². The number of rotatable bonds is 7. The first-order valence-electron chi connectivity index (χ1n) is 7.69. The molecule has 0 spiro atoms. The van der Waals surface area contributed by atoms with Crippen molar-refractivity contribution in [3.05, 3.63) is 47.0 Å². The summed E-state index contributed by atoms with van der Waals surface area (Å²) in [4.78, 5) is 39.4. The maximum Gasteiger partial charge on any atom is 0.330 e. The van der Waals surface area contributed by atoms with Gasteiger partial charge in [-0.05, 0) is 5.56 Å². The highest BCUT2D eigenvalue weighted by Gasteiger charge is 2.22. The lowest BCUT2D eigenvalue weighted by molar-refractivity contribution is -0.142. The van der Waals surface area contributed by atoms with Crippen LogP contribution in [0.25, 0.3) is 0 Å². The SMILES string of the molecule is CC(C)C(=O)Nc1nc(CC(=O)N[C@H](C(=O)O)c2ccccc2)cs1. The van der Waals surface area contributed by atoms with Crippen molar-refractivity contribution in [2.24, 2.45) is 5.92 Å². The van der Waals surface area contributed by atoms with Crippen LogP contribution < -0.4 is 10.6 Å². The first-order valence-corrected chi connectivity index (χ1v) is 8.57. The largest absolute Gasteiger partial charge is 0.479 e. The molecule has 0 unspecified atom stereocenters. The minimum atomic E-state index is -1.14. The number of hydrogen-bond donors (Lipinski definition) is 3. The lowest BCUT2D eigenvalue weighted by Gasteiger charge is -2.14. The van der Waals surface area contributed by atoms with Crippen LogP contribution in [0.1, 0.15) is 31.1 Å². The van der Waals surface area contributed by atoms with Crippen molar-refractivity contribution < 1.29 is 19.5 Å². The number of amides is 2. The summed E-state index contributed by atoms with van der Waals surface area (Å²) >= 11 is 1.22. The van der Waals surface area contributed by atoms with Crippen LogP contribution in [0.4, 0.5) is 5.13 Å². The van der Waals surface area contributed by atoms with Crippen molar-refractivity contribution >= 4 is 34.3 Å². The van der Waals surface area contributed by atoms with Gasteiger partial charge in [0.2, 0.25) is 11.8 Å². The number of aliphatic carboxylic acids is 1. The minimum Gasteiger partial charge on any atom is -0.479 e. The number of nitrogens with zero attached hydrogens (tertiary/aromatic N) is 1. The predicted octanol–water partition coefficient (Wildman–Crippen LogP) is 2.22. The van der Waals surface area contributed by atoms with Crippen LogP contribution in [0.5, 0.6) is 0 Å². The molecule has 0 aliphatic carbocycles. The third-order valence-corrected chi connectivity index (χ3v) is 4.14. The molecule has 0 fully saturated rings. The molecular weight excluding hydrogens is 342 g/mol. The van der Waals surface area contributed by atoms with Crippen LogP contribution in [0.15, 0.2) is 35.7 Å². The highest BCUT2D eigenvalue weighted by atomic mass is 32.1. The maximum atomic E-state index is 12.1. The summed E-state index contributed by atoms with van der Waals surface area (Å²) < 4.78 is 0. The van der Waals surface area contributed by atoms with Gasteiger partial charge in [0.05, 0.1) is 12.1 Å². The fourth-order valence-corrected chi connectivity index (χ4v) is 2.72. The molecule has 2 rings (SSSR count). The molecule has 0 aliphatic rings. The average Bonchev–Trinajstić information content (AvgIpc) is 2.99. The fourth-order valence-electron chi connectivity index (χ4n) is 2.00. The van der Waals surface area contributed by atoms with Crippen molar-refractivity contribution in [2.75, 3.05) is 5.32 Å². The number of carboxylic acid groups (broad SMARTS) is 1. The molecule has 1 heterocycles. The van der Waals surface area contributed by atoms with Crippen LogP contribution >= 0.6 is 11.3 Å². The second kappa shape index (κ2) is 8.39. The van der Waals surface area contributed by atoms with Crippen LogP contribution in [-0.4, -0.2) is 27.9 Å². The molecule has 7 nitrogen and oxygen atoms in total. The van der Waals surface area contributed by atoms with E-state index in [-0.39, 0.29) is 18.2 Å². The fraction of sp³-hybridized carbons (Fsp3) is 0.294. The molecule has 0 bridgehead atoms. The van der Waals surface area contributed by atoms with Gasteiger partial charge in [-0.25, -0.2) is 9.78 Å². The molecule has 0 saturated carbocycles. The van der Waals surface area contributed by atoms with Crippen molar-refractivity contribution in [2.45, 2.75) is 26.3 Å². The van der Waals surface area contributed by atoms with Crippen molar-refractivity contribution in [3.8, 4) is 0 Å². The van der Waals surface area contributed by atoms with Gasteiger partial charge in [-0.2, -0.15) is 0 Å². The predicted molar refractivity (Wildman–Crippen MR) is 94.2 cm³/mol. The molecule has 2 amide bonds. The van der Waals surface area contributed by atoms with Gasteiger partial charge in [0, 0.05) is 11.3 Å². The number of benzene rings is 1. The molecule has 0 aliphatic heterocycles. The maximum absolute atomic E-state index is 12.1. The Morgan fingerprint density at radius 2 is 1.88 bits per heavy atom. The zero-order valence-corrected chi connectivity index (χ0v) is 14.7. The van der Waals surface area contributed by atoms with E-state index in [0.717, 1.165) is 0 Å². The molecule has 0 radical (unpaired) electrons. The van der Waals surface area contributed by atoms with Gasteiger partial charge >= 0.3 is 5.97 Å². The van der Waals surface area contributed by atoms with Crippen molar-refractivity contribution in [3.63, 3.8) is 0 Å². The van der Waals surface area contributed by atoms with Crippen LogP contribution in [-0.2, 0) is 20.8 Å². The number of aromatic nitrogens is 1. The molecule has 1 aromatic heterocycles. The standard InChI is InChI=1S/C17H19N3O4S/c1-10(2)15(22)20-17-18-12(9-25-17)8-13(21)19-14(16(23)24)11-6-4-3-5-7-11/h3-7,9-10,14H,8H2,1-2H3,(H,19,21)(H,23,24)(H,18,20,22)/t14-/m0/s1. The number of anilines is 1. The summed E-state index contributed by atoms with van der Waals surface area (Å²) in [7, 11) is 0. The van der Waals surface area contributed by atoms with Gasteiger partial charge in [0.25, 0.3) is 0 Å². The van der Waals surface area contributed by atoms with E-state index < -0.39 is 17.9 Å². The van der Waals surface area contributed by atoms with Crippen LogP contribution in [0.3, 0.4) is 0 Å². The minimum absolute atomic E-state index is 0.0648. The number of thiazole rings is 1. The Morgan fingerprint density at radius 3 is 2.48 bits per heavy atom. The number of carbonyl (C=O) groups excluding carboxylic acids is 2. The molecular formula is C17H19N3O4S. The summed E-state index contributed by atoms with van der Waals surface area (Å²) in [5, 5.41) is 16.5. The zero-order valence-electron chi connectivity index (χ0n) is 13.9. The summed E-state index contributed by atoms with van der Waals surface area (Å²) in [5.41, 5.74) is 0.963. The summed E-state index contributed by atoms with van der Waals surface area (Å²) in [6.07, 6.45) is -0.0648. The van der Waals surface area contributed by atoms with Gasteiger partial charge in [-0.3, -0.25) is 9.59 Å². The molecule has 25 heavy (non-hydrogen) atoms. The topological polar surface area (TPSA) is 108 Å². The first-order chi connectivity index (χ1) is 11.9. The normalized spacial score (nSPS) is 11.8. The molecule has 0 saturated heterocycles. The quantitative estimate of drug-likeness (QED) is 0.701. The van der Waals surface area contributed by atoms with Crippen molar-refractivity contribution in [1.82, 2.24) is 10.3 Å². The Kier molecular flexibility index (Phi) is 6.24. The van der Waals surface area contributed by atoms with E-state index in [9.17, 15) is 19.5 Å². The number of hydrogen-bond acceptors (Lipinski definition) is 5. The molecule has 1 aromatic carbocycles. The second-order valence-electron chi connectivity index (χ2n) is 5.71.